The molecule has 6 heteroatoms. The lowest BCUT2D eigenvalue weighted by Gasteiger charge is -2.06. The van der Waals surface area contributed by atoms with E-state index in [1.807, 2.05) is 0 Å². The number of carbonyl (C=O) groups is 2. The van der Waals surface area contributed by atoms with Crippen LogP contribution in [0.15, 0.2) is 54.6 Å². The number of amides is 1. The molecule has 0 saturated heterocycles. The Hall–Kier alpha value is -3.28. The number of hydrogen-bond donors (Lipinski definition) is 1. The first-order chi connectivity index (χ1) is 11.0. The predicted molar refractivity (Wildman–Crippen MR) is 87.2 cm³/mol. The lowest BCUT2D eigenvalue weighted by Crippen LogP contribution is -2.11. The smallest absolute Gasteiger partial charge is 0.270 e. The number of nitrogens with one attached hydrogen (secondary N) is 1. The molecule has 0 atom stereocenters. The van der Waals surface area contributed by atoms with Gasteiger partial charge in [-0.1, -0.05) is 24.3 Å². The summed E-state index contributed by atoms with van der Waals surface area (Å²) >= 11 is 0. The van der Waals surface area contributed by atoms with Crippen molar-refractivity contribution in [1.29, 1.82) is 0 Å². The number of benzene rings is 2. The molecule has 6 nitrogen and oxygen atoms in total. The first-order valence-corrected chi connectivity index (χ1v) is 6.81. The predicted octanol–water partition coefficient (Wildman–Crippen LogP) is 3.45. The molecule has 0 bridgehead atoms. The number of nitro groups is 1. The zero-order valence-corrected chi connectivity index (χ0v) is 12.4. The molecule has 1 amide bonds. The van der Waals surface area contributed by atoms with Crippen molar-refractivity contribution < 1.29 is 14.5 Å². The van der Waals surface area contributed by atoms with Gasteiger partial charge < -0.3 is 5.32 Å². The van der Waals surface area contributed by atoms with E-state index < -0.39 is 10.8 Å². The molecule has 0 heterocycles. The van der Waals surface area contributed by atoms with E-state index in [-0.39, 0.29) is 11.5 Å². The monoisotopic (exact) mass is 310 g/mol. The Labute approximate surface area is 132 Å². The number of nitro benzene ring substituents is 1. The molecule has 116 valence electrons. The number of ketones is 1. The van der Waals surface area contributed by atoms with E-state index in [1.54, 1.807) is 36.4 Å². The van der Waals surface area contributed by atoms with Gasteiger partial charge in [-0.05, 0) is 30.7 Å². The lowest BCUT2D eigenvalue weighted by atomic mass is 10.1. The van der Waals surface area contributed by atoms with Crippen LogP contribution in [0, 0.1) is 10.1 Å². The molecule has 0 aliphatic carbocycles. The van der Waals surface area contributed by atoms with Gasteiger partial charge in [0.2, 0.25) is 5.91 Å². The third-order valence-corrected chi connectivity index (χ3v) is 3.07. The largest absolute Gasteiger partial charge is 0.322 e. The van der Waals surface area contributed by atoms with Gasteiger partial charge in [0.1, 0.15) is 0 Å². The van der Waals surface area contributed by atoms with Crippen LogP contribution in [0.2, 0.25) is 0 Å². The van der Waals surface area contributed by atoms with Crippen molar-refractivity contribution in [3.63, 3.8) is 0 Å². The summed E-state index contributed by atoms with van der Waals surface area (Å²) in [5.74, 6) is -0.575. The van der Waals surface area contributed by atoms with Gasteiger partial charge in [-0.2, -0.15) is 0 Å². The van der Waals surface area contributed by atoms with E-state index in [1.165, 1.54) is 31.2 Å². The maximum Gasteiger partial charge on any atom is 0.270 e. The summed E-state index contributed by atoms with van der Waals surface area (Å²) in [7, 11) is 0. The SMILES string of the molecule is CC(=O)c1ccccc1NC(=O)/C=C/c1cccc([N+](=O)[O-])c1. The van der Waals surface area contributed by atoms with E-state index in [0.717, 1.165) is 0 Å². The van der Waals surface area contributed by atoms with Gasteiger partial charge in [-0.15, -0.1) is 0 Å². The third kappa shape index (κ3) is 4.34. The molecule has 0 aliphatic rings. The molecule has 0 aromatic heterocycles. The lowest BCUT2D eigenvalue weighted by molar-refractivity contribution is -0.384. The van der Waals surface area contributed by atoms with Gasteiger partial charge >= 0.3 is 0 Å². The van der Waals surface area contributed by atoms with Crippen molar-refractivity contribution in [3.05, 3.63) is 75.8 Å². The number of para-hydroxylation sites is 1. The molecule has 0 aliphatic heterocycles. The summed E-state index contributed by atoms with van der Waals surface area (Å²) in [6, 6.07) is 12.6. The molecule has 1 N–H and O–H groups in total. The van der Waals surface area contributed by atoms with Crippen LogP contribution in [0.4, 0.5) is 11.4 Å². The van der Waals surface area contributed by atoms with Gasteiger partial charge in [0, 0.05) is 23.8 Å². The van der Waals surface area contributed by atoms with E-state index in [4.69, 9.17) is 0 Å². The van der Waals surface area contributed by atoms with Crippen LogP contribution in [0.3, 0.4) is 0 Å². The standard InChI is InChI=1S/C17H14N2O4/c1-12(20)15-7-2-3-8-16(15)18-17(21)10-9-13-5-4-6-14(11-13)19(22)23/h2-11H,1H3,(H,18,21)/b10-9+. The minimum Gasteiger partial charge on any atom is -0.322 e. The first-order valence-electron chi connectivity index (χ1n) is 6.81. The van der Waals surface area contributed by atoms with Gasteiger partial charge in [0.15, 0.2) is 5.78 Å². The number of anilines is 1. The fraction of sp³-hybridized carbons (Fsp3) is 0.0588. The minimum absolute atomic E-state index is 0.0468. The molecule has 0 unspecified atom stereocenters. The van der Waals surface area contributed by atoms with Crippen LogP contribution in [0.1, 0.15) is 22.8 Å². The van der Waals surface area contributed by atoms with Crippen LogP contribution in [0.5, 0.6) is 0 Å². The number of Topliss-reactive ketones (excluding diaryl/α,β-unsaturated/α-hetero) is 1. The van der Waals surface area contributed by atoms with Crippen molar-refractivity contribution in [3.8, 4) is 0 Å². The van der Waals surface area contributed by atoms with Gasteiger partial charge in [0.05, 0.1) is 10.6 Å². The Bertz CT molecular complexity index is 797. The second-order valence-corrected chi connectivity index (χ2v) is 4.78. The average molecular weight is 310 g/mol. The van der Waals surface area contributed by atoms with Crippen molar-refractivity contribution in [2.45, 2.75) is 6.92 Å². The van der Waals surface area contributed by atoms with Crippen molar-refractivity contribution in [2.24, 2.45) is 0 Å². The number of carbonyl (C=O) groups excluding carboxylic acids is 2. The topological polar surface area (TPSA) is 89.3 Å². The maximum atomic E-state index is 11.9. The van der Waals surface area contributed by atoms with Crippen molar-refractivity contribution in [1.82, 2.24) is 0 Å². The van der Waals surface area contributed by atoms with Crippen LogP contribution >= 0.6 is 0 Å². The van der Waals surface area contributed by atoms with E-state index in [2.05, 4.69) is 5.32 Å². The Morgan fingerprint density at radius 3 is 2.57 bits per heavy atom. The molecule has 0 spiro atoms. The highest BCUT2D eigenvalue weighted by atomic mass is 16.6. The fourth-order valence-corrected chi connectivity index (χ4v) is 1.99. The van der Waals surface area contributed by atoms with Gasteiger partial charge in [-0.3, -0.25) is 19.7 Å². The van der Waals surface area contributed by atoms with Crippen LogP contribution in [-0.2, 0) is 4.79 Å². The van der Waals surface area contributed by atoms with E-state index >= 15 is 0 Å². The van der Waals surface area contributed by atoms with E-state index in [0.29, 0.717) is 16.8 Å². The zero-order chi connectivity index (χ0) is 16.8. The second kappa shape index (κ2) is 7.13. The normalized spacial score (nSPS) is 10.5. The van der Waals surface area contributed by atoms with Crippen LogP contribution in [-0.4, -0.2) is 16.6 Å². The zero-order valence-electron chi connectivity index (χ0n) is 12.4. The third-order valence-electron chi connectivity index (χ3n) is 3.07. The first kappa shape index (κ1) is 16.1. The average Bonchev–Trinajstić information content (AvgIpc) is 2.53. The maximum absolute atomic E-state index is 11.9. The summed E-state index contributed by atoms with van der Waals surface area (Å²) in [6.45, 7) is 1.42. The van der Waals surface area contributed by atoms with Crippen molar-refractivity contribution in [2.75, 3.05) is 5.32 Å². The molecule has 0 fully saturated rings. The highest BCUT2D eigenvalue weighted by Crippen LogP contribution is 2.16. The Kier molecular flexibility index (Phi) is 4.99. The summed E-state index contributed by atoms with van der Waals surface area (Å²) in [5.41, 5.74) is 1.34. The Morgan fingerprint density at radius 1 is 1.13 bits per heavy atom. The number of rotatable bonds is 5. The number of nitrogens with zero attached hydrogens (tertiary/aromatic N) is 1. The van der Waals surface area contributed by atoms with Crippen molar-refractivity contribution >= 4 is 29.1 Å². The molecule has 0 radical (unpaired) electrons. The molecule has 23 heavy (non-hydrogen) atoms. The Balaban J connectivity index is 2.12. The molecule has 2 aromatic carbocycles. The summed E-state index contributed by atoms with van der Waals surface area (Å²) < 4.78 is 0. The van der Waals surface area contributed by atoms with E-state index in [9.17, 15) is 19.7 Å². The second-order valence-electron chi connectivity index (χ2n) is 4.78. The molecular formula is C17H14N2O4. The molecule has 2 rings (SSSR count). The van der Waals surface area contributed by atoms with Gasteiger partial charge in [-0.25, -0.2) is 0 Å². The summed E-state index contributed by atoms with van der Waals surface area (Å²) in [5, 5.41) is 13.3. The number of non-ortho nitro benzene ring substituents is 1. The molecule has 2 aromatic rings. The molecule has 0 saturated carbocycles. The van der Waals surface area contributed by atoms with Crippen LogP contribution < -0.4 is 5.32 Å². The van der Waals surface area contributed by atoms with Gasteiger partial charge in [0.25, 0.3) is 5.69 Å². The quantitative estimate of drug-likeness (QED) is 0.396. The summed E-state index contributed by atoms with van der Waals surface area (Å²) in [6.07, 6.45) is 2.73. The minimum atomic E-state index is -0.499. The fourth-order valence-electron chi connectivity index (χ4n) is 1.99. The summed E-state index contributed by atoms with van der Waals surface area (Å²) in [4.78, 5) is 33.6. The number of hydrogen-bond acceptors (Lipinski definition) is 4. The highest BCUT2D eigenvalue weighted by Gasteiger charge is 2.08. The molecular weight excluding hydrogens is 296 g/mol. The van der Waals surface area contributed by atoms with Crippen LogP contribution in [0.25, 0.3) is 6.08 Å². The Morgan fingerprint density at radius 2 is 1.87 bits per heavy atom. The highest BCUT2D eigenvalue weighted by molar-refractivity contribution is 6.07.